The summed E-state index contributed by atoms with van der Waals surface area (Å²) in [5, 5.41) is -0.195. The maximum Gasteiger partial charge on any atom is 0.243 e. The van der Waals surface area contributed by atoms with E-state index < -0.39 is 15.8 Å². The molecule has 0 aliphatic carbocycles. The van der Waals surface area contributed by atoms with Gasteiger partial charge in [0.05, 0.1) is 16.0 Å². The predicted octanol–water partition coefficient (Wildman–Crippen LogP) is 2.67. The minimum absolute atomic E-state index is 0.00347. The van der Waals surface area contributed by atoms with Gasteiger partial charge in [-0.25, -0.2) is 12.8 Å². The highest BCUT2D eigenvalue weighted by Crippen LogP contribution is 2.23. The molecule has 1 aromatic carbocycles. The van der Waals surface area contributed by atoms with Crippen molar-refractivity contribution in [3.63, 3.8) is 0 Å². The lowest BCUT2D eigenvalue weighted by Crippen LogP contribution is -2.37. The predicted molar refractivity (Wildman–Crippen MR) is 74.8 cm³/mol. The fourth-order valence-corrected chi connectivity index (χ4v) is 3.95. The number of rotatable bonds is 5. The van der Waals surface area contributed by atoms with Gasteiger partial charge < -0.3 is 4.74 Å². The van der Waals surface area contributed by atoms with Crippen LogP contribution >= 0.6 is 11.6 Å². The Morgan fingerprint density at radius 2 is 2.25 bits per heavy atom. The summed E-state index contributed by atoms with van der Waals surface area (Å²) < 4.78 is 45.0. The number of benzene rings is 1. The number of likely N-dealkylation sites (N-methyl/N-ethyl adjacent to an activating group) is 1. The van der Waals surface area contributed by atoms with Crippen molar-refractivity contribution in [3.8, 4) is 0 Å². The molecular formula is C13H17ClFNO3S. The first-order valence-electron chi connectivity index (χ1n) is 6.52. The lowest BCUT2D eigenvalue weighted by atomic mass is 10.2. The second-order valence-corrected chi connectivity index (χ2v) is 7.01. The quantitative estimate of drug-likeness (QED) is 0.837. The van der Waals surface area contributed by atoms with E-state index in [4.69, 9.17) is 16.3 Å². The van der Waals surface area contributed by atoms with Crippen molar-refractivity contribution in [2.45, 2.75) is 30.8 Å². The first-order chi connectivity index (χ1) is 9.45. The largest absolute Gasteiger partial charge is 0.377 e. The van der Waals surface area contributed by atoms with Crippen LogP contribution < -0.4 is 0 Å². The third kappa shape index (κ3) is 3.31. The molecule has 0 aromatic heterocycles. The van der Waals surface area contributed by atoms with Gasteiger partial charge in [0.15, 0.2) is 0 Å². The van der Waals surface area contributed by atoms with Crippen molar-refractivity contribution in [2.24, 2.45) is 0 Å². The van der Waals surface area contributed by atoms with Crippen LogP contribution in [0, 0.1) is 5.82 Å². The SMILES string of the molecule is CCN(CC1CCCO1)S(=O)(=O)c1ccc(F)c(Cl)c1. The van der Waals surface area contributed by atoms with Crippen LogP contribution in [0.5, 0.6) is 0 Å². The van der Waals surface area contributed by atoms with Crippen LogP contribution in [0.3, 0.4) is 0 Å². The van der Waals surface area contributed by atoms with Crippen molar-refractivity contribution in [2.75, 3.05) is 19.7 Å². The molecule has 20 heavy (non-hydrogen) atoms. The molecule has 7 heteroatoms. The summed E-state index contributed by atoms with van der Waals surface area (Å²) in [4.78, 5) is 0.00347. The minimum atomic E-state index is -3.68. The van der Waals surface area contributed by atoms with Gasteiger partial charge in [0.2, 0.25) is 10.0 Å². The number of sulfonamides is 1. The highest BCUT2D eigenvalue weighted by atomic mass is 35.5. The van der Waals surface area contributed by atoms with E-state index in [9.17, 15) is 12.8 Å². The Morgan fingerprint density at radius 1 is 1.50 bits per heavy atom. The van der Waals surface area contributed by atoms with E-state index in [0.717, 1.165) is 25.0 Å². The summed E-state index contributed by atoms with van der Waals surface area (Å²) in [6, 6.07) is 3.44. The van der Waals surface area contributed by atoms with Crippen molar-refractivity contribution >= 4 is 21.6 Å². The lowest BCUT2D eigenvalue weighted by molar-refractivity contribution is 0.0947. The Hall–Kier alpha value is -0.690. The summed E-state index contributed by atoms with van der Waals surface area (Å²) in [6.07, 6.45) is 1.74. The van der Waals surface area contributed by atoms with Crippen molar-refractivity contribution in [3.05, 3.63) is 29.0 Å². The zero-order chi connectivity index (χ0) is 14.8. The molecule has 1 aliphatic heterocycles. The number of ether oxygens (including phenoxy) is 1. The second kappa shape index (κ2) is 6.39. The summed E-state index contributed by atoms with van der Waals surface area (Å²) in [5.74, 6) is -0.632. The molecule has 1 unspecified atom stereocenters. The summed E-state index contributed by atoms with van der Waals surface area (Å²) in [6.45, 7) is 3.08. The van der Waals surface area contributed by atoms with E-state index in [1.165, 1.54) is 10.4 Å². The summed E-state index contributed by atoms with van der Waals surface area (Å²) in [5.41, 5.74) is 0. The number of halogens is 2. The van der Waals surface area contributed by atoms with Crippen molar-refractivity contribution in [1.82, 2.24) is 4.31 Å². The number of hydrogen-bond acceptors (Lipinski definition) is 3. The summed E-state index contributed by atoms with van der Waals surface area (Å²) in [7, 11) is -3.68. The average molecular weight is 322 g/mol. The molecule has 2 rings (SSSR count). The molecule has 1 aliphatic rings. The highest BCUT2D eigenvalue weighted by Gasteiger charge is 2.28. The molecule has 1 fully saturated rings. The fourth-order valence-electron chi connectivity index (χ4n) is 2.20. The molecule has 1 aromatic rings. The molecule has 0 N–H and O–H groups in total. The molecule has 0 spiro atoms. The second-order valence-electron chi connectivity index (χ2n) is 4.67. The molecule has 112 valence electrons. The molecule has 1 heterocycles. The van der Waals surface area contributed by atoms with Crippen LogP contribution in [-0.4, -0.2) is 38.5 Å². The van der Waals surface area contributed by atoms with E-state index in [1.807, 2.05) is 0 Å². The van der Waals surface area contributed by atoms with E-state index in [-0.39, 0.29) is 16.0 Å². The minimum Gasteiger partial charge on any atom is -0.377 e. The van der Waals surface area contributed by atoms with Crippen molar-refractivity contribution in [1.29, 1.82) is 0 Å². The Bertz CT molecular complexity index is 573. The third-order valence-electron chi connectivity index (χ3n) is 3.31. The topological polar surface area (TPSA) is 46.6 Å². The van der Waals surface area contributed by atoms with E-state index in [2.05, 4.69) is 0 Å². The smallest absolute Gasteiger partial charge is 0.243 e. The van der Waals surface area contributed by atoms with Gasteiger partial charge in [-0.05, 0) is 31.0 Å². The summed E-state index contributed by atoms with van der Waals surface area (Å²) >= 11 is 5.66. The highest BCUT2D eigenvalue weighted by molar-refractivity contribution is 7.89. The fraction of sp³-hybridized carbons (Fsp3) is 0.538. The lowest BCUT2D eigenvalue weighted by Gasteiger charge is -2.23. The monoisotopic (exact) mass is 321 g/mol. The Balaban J connectivity index is 2.23. The molecule has 0 bridgehead atoms. The Morgan fingerprint density at radius 3 is 2.80 bits per heavy atom. The molecule has 1 atom stereocenters. The van der Waals surface area contributed by atoms with Crippen molar-refractivity contribution < 1.29 is 17.5 Å². The van der Waals surface area contributed by atoms with Gasteiger partial charge in [0.25, 0.3) is 0 Å². The maximum absolute atomic E-state index is 13.1. The Kier molecular flexibility index (Phi) is 5.01. The van der Waals surface area contributed by atoms with E-state index in [1.54, 1.807) is 6.92 Å². The number of hydrogen-bond donors (Lipinski definition) is 0. The zero-order valence-electron chi connectivity index (χ0n) is 11.2. The van der Waals surface area contributed by atoms with Gasteiger partial charge in [-0.3, -0.25) is 0 Å². The van der Waals surface area contributed by atoms with E-state index >= 15 is 0 Å². The van der Waals surface area contributed by atoms with Gasteiger partial charge in [0, 0.05) is 19.7 Å². The van der Waals surface area contributed by atoms with Crippen LogP contribution in [-0.2, 0) is 14.8 Å². The molecular weight excluding hydrogens is 305 g/mol. The van der Waals surface area contributed by atoms with Crippen LogP contribution in [0.2, 0.25) is 5.02 Å². The average Bonchev–Trinajstić information content (AvgIpc) is 2.91. The van der Waals surface area contributed by atoms with E-state index in [0.29, 0.717) is 19.7 Å². The van der Waals surface area contributed by atoms with Gasteiger partial charge in [-0.15, -0.1) is 0 Å². The maximum atomic E-state index is 13.1. The zero-order valence-corrected chi connectivity index (χ0v) is 12.8. The molecule has 0 radical (unpaired) electrons. The first-order valence-corrected chi connectivity index (χ1v) is 8.33. The van der Waals surface area contributed by atoms with Crippen LogP contribution in [0.4, 0.5) is 4.39 Å². The van der Waals surface area contributed by atoms with Gasteiger partial charge in [-0.1, -0.05) is 18.5 Å². The van der Waals surface area contributed by atoms with Gasteiger partial charge in [-0.2, -0.15) is 4.31 Å². The number of nitrogens with zero attached hydrogens (tertiary/aromatic N) is 1. The standard InChI is InChI=1S/C13H17ClFNO3S/c1-2-16(9-10-4-3-7-19-10)20(17,18)11-5-6-13(15)12(14)8-11/h5-6,8,10H,2-4,7,9H2,1H3. The molecule has 0 saturated carbocycles. The van der Waals surface area contributed by atoms with Crippen LogP contribution in [0.1, 0.15) is 19.8 Å². The molecule has 1 saturated heterocycles. The molecule has 0 amide bonds. The first kappa shape index (κ1) is 15.7. The normalized spacial score (nSPS) is 19.7. The molecule has 4 nitrogen and oxygen atoms in total. The third-order valence-corrected chi connectivity index (χ3v) is 5.54. The van der Waals surface area contributed by atoms with Crippen LogP contribution in [0.15, 0.2) is 23.1 Å². The Labute approximate surface area is 123 Å². The van der Waals surface area contributed by atoms with Gasteiger partial charge >= 0.3 is 0 Å². The van der Waals surface area contributed by atoms with Crippen LogP contribution in [0.25, 0.3) is 0 Å². The van der Waals surface area contributed by atoms with Gasteiger partial charge in [0.1, 0.15) is 5.82 Å².